The van der Waals surface area contributed by atoms with Gasteiger partial charge in [-0.25, -0.2) is 4.79 Å². The van der Waals surface area contributed by atoms with Gasteiger partial charge in [-0.2, -0.15) is 0 Å². The number of aromatic nitrogens is 1. The standard InChI is InChI=1S/C21H35N5O2.HI/c1-17-8-13-25(14-9-17)19(22)24-11-6-12-26(20(27)28-21(2,3)4)16-18-7-5-10-23-15-18;/h5,7,10,15,17H,6,8-9,11-14,16H2,1-4H3,(H2,22,24);1H. The highest BCUT2D eigenvalue weighted by Crippen LogP contribution is 2.16. The van der Waals surface area contributed by atoms with Gasteiger partial charge in [0.2, 0.25) is 0 Å². The lowest BCUT2D eigenvalue weighted by atomic mass is 10.00. The molecule has 1 aliphatic heterocycles. The number of nitrogens with two attached hydrogens (primary N) is 1. The van der Waals surface area contributed by atoms with Gasteiger partial charge in [-0.15, -0.1) is 24.0 Å². The van der Waals surface area contributed by atoms with Gasteiger partial charge in [0.05, 0.1) is 6.54 Å². The molecule has 0 saturated carbocycles. The van der Waals surface area contributed by atoms with Gasteiger partial charge in [0.1, 0.15) is 5.60 Å². The third kappa shape index (κ3) is 9.64. The van der Waals surface area contributed by atoms with Crippen LogP contribution in [0.1, 0.15) is 52.5 Å². The predicted octanol–water partition coefficient (Wildman–Crippen LogP) is 3.87. The van der Waals surface area contributed by atoms with Crippen molar-refractivity contribution in [3.63, 3.8) is 0 Å². The van der Waals surface area contributed by atoms with Crippen molar-refractivity contribution in [2.45, 2.75) is 59.1 Å². The molecule has 7 nitrogen and oxygen atoms in total. The third-order valence-electron chi connectivity index (χ3n) is 4.72. The molecule has 2 heterocycles. The van der Waals surface area contributed by atoms with E-state index < -0.39 is 5.60 Å². The Morgan fingerprint density at radius 1 is 1.38 bits per heavy atom. The highest BCUT2D eigenvalue weighted by molar-refractivity contribution is 14.0. The van der Waals surface area contributed by atoms with E-state index in [4.69, 9.17) is 10.5 Å². The second-order valence-corrected chi connectivity index (χ2v) is 8.53. The Balaban J connectivity index is 0.00000420. The number of likely N-dealkylation sites (tertiary alicyclic amines) is 1. The molecule has 29 heavy (non-hydrogen) atoms. The van der Waals surface area contributed by atoms with Crippen molar-refractivity contribution < 1.29 is 9.53 Å². The maximum Gasteiger partial charge on any atom is 0.410 e. The number of rotatable bonds is 6. The Kier molecular flexibility index (Phi) is 10.7. The Morgan fingerprint density at radius 3 is 2.66 bits per heavy atom. The largest absolute Gasteiger partial charge is 0.444 e. The van der Waals surface area contributed by atoms with Crippen molar-refractivity contribution in [2.24, 2.45) is 16.6 Å². The van der Waals surface area contributed by atoms with Crippen LogP contribution in [0.25, 0.3) is 0 Å². The summed E-state index contributed by atoms with van der Waals surface area (Å²) in [7, 11) is 0. The van der Waals surface area contributed by atoms with E-state index in [2.05, 4.69) is 21.8 Å². The molecule has 0 atom stereocenters. The number of pyridine rings is 1. The van der Waals surface area contributed by atoms with E-state index in [1.54, 1.807) is 17.3 Å². The molecule has 1 aromatic rings. The minimum atomic E-state index is -0.530. The molecule has 2 N–H and O–H groups in total. The topological polar surface area (TPSA) is 84.0 Å². The lowest BCUT2D eigenvalue weighted by Gasteiger charge is -2.31. The molecule has 1 fully saturated rings. The molecule has 164 valence electrons. The van der Waals surface area contributed by atoms with E-state index in [0.717, 1.165) is 43.8 Å². The number of nitrogens with zero attached hydrogens (tertiary/aromatic N) is 4. The van der Waals surface area contributed by atoms with Crippen LogP contribution >= 0.6 is 24.0 Å². The lowest BCUT2D eigenvalue weighted by molar-refractivity contribution is 0.0232. The van der Waals surface area contributed by atoms with E-state index in [1.165, 1.54) is 0 Å². The fraction of sp³-hybridized carbons (Fsp3) is 0.667. The highest BCUT2D eigenvalue weighted by atomic mass is 127. The Hall–Kier alpha value is -1.58. The first kappa shape index (κ1) is 25.5. The van der Waals surface area contributed by atoms with E-state index in [9.17, 15) is 4.79 Å². The van der Waals surface area contributed by atoms with Crippen LogP contribution in [-0.4, -0.2) is 58.6 Å². The van der Waals surface area contributed by atoms with Crippen LogP contribution in [0, 0.1) is 5.92 Å². The van der Waals surface area contributed by atoms with E-state index in [-0.39, 0.29) is 30.1 Å². The summed E-state index contributed by atoms with van der Waals surface area (Å²) in [6, 6.07) is 3.82. The number of ether oxygens (including phenoxy) is 1. The summed E-state index contributed by atoms with van der Waals surface area (Å²) >= 11 is 0. The summed E-state index contributed by atoms with van der Waals surface area (Å²) in [5.74, 6) is 1.38. The monoisotopic (exact) mass is 517 g/mol. The molecule has 1 aliphatic rings. The lowest BCUT2D eigenvalue weighted by Crippen LogP contribution is -2.42. The fourth-order valence-corrected chi connectivity index (χ4v) is 3.07. The Morgan fingerprint density at radius 2 is 2.07 bits per heavy atom. The predicted molar refractivity (Wildman–Crippen MR) is 127 cm³/mol. The third-order valence-corrected chi connectivity index (χ3v) is 4.72. The molecule has 0 aromatic carbocycles. The van der Waals surface area contributed by atoms with Crippen LogP contribution in [0.4, 0.5) is 4.79 Å². The highest BCUT2D eigenvalue weighted by Gasteiger charge is 2.22. The number of amides is 1. The maximum atomic E-state index is 12.6. The molecule has 1 amide bonds. The van der Waals surface area contributed by atoms with Crippen molar-refractivity contribution in [3.05, 3.63) is 30.1 Å². The zero-order valence-electron chi connectivity index (χ0n) is 18.1. The van der Waals surface area contributed by atoms with Gasteiger partial charge < -0.3 is 20.3 Å². The van der Waals surface area contributed by atoms with Crippen molar-refractivity contribution in [1.29, 1.82) is 0 Å². The smallest absolute Gasteiger partial charge is 0.410 e. The summed E-state index contributed by atoms with van der Waals surface area (Å²) < 4.78 is 5.55. The van der Waals surface area contributed by atoms with Crippen LogP contribution in [0.15, 0.2) is 29.5 Å². The molecule has 0 spiro atoms. The van der Waals surface area contributed by atoms with Gasteiger partial charge in [-0.1, -0.05) is 13.0 Å². The second kappa shape index (κ2) is 12.2. The average molecular weight is 517 g/mol. The fourth-order valence-electron chi connectivity index (χ4n) is 3.07. The van der Waals surface area contributed by atoms with Gasteiger partial charge in [-0.3, -0.25) is 9.98 Å². The zero-order chi connectivity index (χ0) is 20.6. The summed E-state index contributed by atoms with van der Waals surface area (Å²) in [6.07, 6.45) is 6.22. The average Bonchev–Trinajstić information content (AvgIpc) is 2.64. The van der Waals surface area contributed by atoms with Crippen molar-refractivity contribution in [2.75, 3.05) is 26.2 Å². The van der Waals surface area contributed by atoms with E-state index in [0.29, 0.717) is 25.6 Å². The number of hydrogen-bond acceptors (Lipinski definition) is 4. The van der Waals surface area contributed by atoms with Gasteiger partial charge in [0.25, 0.3) is 0 Å². The SMILES string of the molecule is CC1CCN(C(N)=NCCCN(Cc2cccnc2)C(=O)OC(C)(C)C)CC1.I. The number of hydrogen-bond donors (Lipinski definition) is 1. The molecule has 0 aliphatic carbocycles. The van der Waals surface area contributed by atoms with Crippen molar-refractivity contribution >= 4 is 36.0 Å². The van der Waals surface area contributed by atoms with Crippen LogP contribution in [0.3, 0.4) is 0 Å². The number of guanidine groups is 1. The number of carbonyl (C=O) groups excluding carboxylic acids is 1. The van der Waals surface area contributed by atoms with Crippen molar-refractivity contribution in [3.8, 4) is 0 Å². The quantitative estimate of drug-likeness (QED) is 0.268. The molecular weight excluding hydrogens is 481 g/mol. The number of piperidine rings is 1. The number of carbonyl (C=O) groups is 1. The van der Waals surface area contributed by atoms with Crippen LogP contribution in [-0.2, 0) is 11.3 Å². The first-order chi connectivity index (χ1) is 13.2. The van der Waals surface area contributed by atoms with Crippen LogP contribution in [0.5, 0.6) is 0 Å². The molecule has 2 rings (SSSR count). The molecule has 1 saturated heterocycles. The minimum absolute atomic E-state index is 0. The molecule has 0 unspecified atom stereocenters. The normalized spacial score (nSPS) is 15.6. The molecule has 8 heteroatoms. The molecule has 0 bridgehead atoms. The molecule has 1 aromatic heterocycles. The zero-order valence-corrected chi connectivity index (χ0v) is 20.5. The summed E-state index contributed by atoms with van der Waals surface area (Å²) in [6.45, 7) is 11.4. The van der Waals surface area contributed by atoms with Gasteiger partial charge in [0.15, 0.2) is 5.96 Å². The summed E-state index contributed by atoms with van der Waals surface area (Å²) in [5.41, 5.74) is 6.58. The maximum absolute atomic E-state index is 12.6. The van der Waals surface area contributed by atoms with E-state index in [1.807, 2.05) is 32.9 Å². The van der Waals surface area contributed by atoms with E-state index >= 15 is 0 Å². The number of aliphatic imine (C=N–C) groups is 1. The van der Waals surface area contributed by atoms with Crippen LogP contribution in [0.2, 0.25) is 0 Å². The summed E-state index contributed by atoms with van der Waals surface area (Å²) in [5, 5.41) is 0. The van der Waals surface area contributed by atoms with Crippen molar-refractivity contribution in [1.82, 2.24) is 14.8 Å². The van der Waals surface area contributed by atoms with Crippen LogP contribution < -0.4 is 5.73 Å². The Bertz CT molecular complexity index is 640. The first-order valence-electron chi connectivity index (χ1n) is 10.2. The first-order valence-corrected chi connectivity index (χ1v) is 10.2. The van der Waals surface area contributed by atoms with Gasteiger partial charge in [-0.05, 0) is 57.6 Å². The minimum Gasteiger partial charge on any atom is -0.444 e. The van der Waals surface area contributed by atoms with Gasteiger partial charge in [0, 0.05) is 38.6 Å². The summed E-state index contributed by atoms with van der Waals surface area (Å²) in [4.78, 5) is 25.1. The van der Waals surface area contributed by atoms with Gasteiger partial charge >= 0.3 is 6.09 Å². The second-order valence-electron chi connectivity index (χ2n) is 8.53. The molecule has 0 radical (unpaired) electrons. The Labute approximate surface area is 192 Å². The number of halogens is 1. The molecular formula is C21H36IN5O2.